The van der Waals surface area contributed by atoms with Crippen molar-refractivity contribution in [3.8, 4) is 5.75 Å². The number of aliphatic hydroxyl groups excluding tert-OH is 1. The van der Waals surface area contributed by atoms with Crippen molar-refractivity contribution in [3.63, 3.8) is 0 Å². The smallest absolute Gasteiger partial charge is 0.460 e. The molecule has 0 saturated carbocycles. The summed E-state index contributed by atoms with van der Waals surface area (Å²) in [5.74, 6) is -3.93. The summed E-state index contributed by atoms with van der Waals surface area (Å²) in [7, 11) is 0. The highest BCUT2D eigenvalue weighted by Crippen LogP contribution is 2.27. The molecule has 2 aromatic rings. The van der Waals surface area contributed by atoms with Gasteiger partial charge in [-0.3, -0.25) is 19.7 Å². The van der Waals surface area contributed by atoms with Gasteiger partial charge in [-0.05, 0) is 50.1 Å². The average Bonchev–Trinajstić information content (AvgIpc) is 3.77. The van der Waals surface area contributed by atoms with Crippen LogP contribution in [0.15, 0.2) is 70.9 Å². The maximum atomic E-state index is 13.7. The molecule has 0 aliphatic carbocycles. The van der Waals surface area contributed by atoms with Crippen LogP contribution in [0.25, 0.3) is 0 Å². The SMILES string of the molecule is CC1=C[C@@H](O)CC(=O)Cc2nc(co2)C(=O)N2CCC[C@@H]2C(=O)O[C@H]([C@H](C)COC(=O)Nc2ccc(OC(F)(F)F)cc2)[C@H](C)/C=C/C(=O)NCC=C1. The van der Waals surface area contributed by atoms with E-state index in [-0.39, 0.29) is 62.0 Å². The third-order valence-corrected chi connectivity index (χ3v) is 8.27. The molecule has 5 atom stereocenters. The Morgan fingerprint density at radius 1 is 1.17 bits per heavy atom. The number of nitrogens with zero attached hydrogens (tertiary/aromatic N) is 2. The first-order chi connectivity index (χ1) is 25.1. The molecule has 2 aliphatic heterocycles. The van der Waals surface area contributed by atoms with Gasteiger partial charge in [0.25, 0.3) is 5.91 Å². The van der Waals surface area contributed by atoms with E-state index in [9.17, 15) is 42.3 Å². The van der Waals surface area contributed by atoms with E-state index in [1.165, 1.54) is 35.3 Å². The van der Waals surface area contributed by atoms with E-state index >= 15 is 0 Å². The van der Waals surface area contributed by atoms with Gasteiger partial charge in [-0.15, -0.1) is 13.2 Å². The predicted octanol–water partition coefficient (Wildman–Crippen LogP) is 4.66. The molecule has 53 heavy (non-hydrogen) atoms. The van der Waals surface area contributed by atoms with Crippen molar-refractivity contribution in [2.75, 3.05) is 25.0 Å². The van der Waals surface area contributed by atoms with Crippen molar-refractivity contribution in [1.82, 2.24) is 15.2 Å². The molecule has 286 valence electrons. The van der Waals surface area contributed by atoms with Crippen LogP contribution < -0.4 is 15.4 Å². The topological polar surface area (TPSA) is 187 Å². The highest BCUT2D eigenvalue weighted by molar-refractivity contribution is 5.95. The Morgan fingerprint density at radius 3 is 2.62 bits per heavy atom. The van der Waals surface area contributed by atoms with Crippen LogP contribution in [-0.2, 0) is 30.3 Å². The highest BCUT2D eigenvalue weighted by Gasteiger charge is 2.39. The molecule has 2 aliphatic rings. The fourth-order valence-corrected chi connectivity index (χ4v) is 5.75. The van der Waals surface area contributed by atoms with E-state index in [1.54, 1.807) is 32.9 Å². The molecule has 2 bridgehead atoms. The van der Waals surface area contributed by atoms with Crippen LogP contribution in [-0.4, -0.2) is 89.0 Å². The largest absolute Gasteiger partial charge is 0.573 e. The standard InChI is InChI=1S/C36H41F3N4O10/c1-21-6-4-14-40-30(46)13-8-22(2)32(23(3)19-51-35(49)41-24-9-11-27(12-10-24)53-36(37,38)39)52-34(48)29-7-5-15-43(29)33(47)28-20-50-31(42-28)18-26(45)17-25(44)16-21/h4,6,8-13,16,20,22-23,25,29,32,44H,5,7,14-15,17-19H2,1-3H3,(H,40,46)(H,41,49)/b6-4?,13-8+,21-16?/t22-,23-,25-,29-,32+/m1/s1. The molecule has 1 aromatic heterocycles. The van der Waals surface area contributed by atoms with Gasteiger partial charge in [0, 0.05) is 37.0 Å². The van der Waals surface area contributed by atoms with Crippen LogP contribution in [0.1, 0.15) is 56.4 Å². The third-order valence-electron chi connectivity index (χ3n) is 8.27. The lowest BCUT2D eigenvalue weighted by Gasteiger charge is -2.30. The number of aromatic nitrogens is 1. The minimum absolute atomic E-state index is 0.0235. The number of esters is 1. The number of oxazole rings is 1. The molecule has 1 aromatic carbocycles. The van der Waals surface area contributed by atoms with Gasteiger partial charge in [-0.2, -0.15) is 0 Å². The van der Waals surface area contributed by atoms with Crippen LogP contribution in [0.3, 0.4) is 0 Å². The summed E-state index contributed by atoms with van der Waals surface area (Å²) in [6, 6.07) is 3.42. The Kier molecular flexibility index (Phi) is 14.0. The Morgan fingerprint density at radius 2 is 1.91 bits per heavy atom. The van der Waals surface area contributed by atoms with Gasteiger partial charge in [0.1, 0.15) is 29.9 Å². The number of ketones is 1. The summed E-state index contributed by atoms with van der Waals surface area (Å²) in [5, 5.41) is 15.4. The van der Waals surface area contributed by atoms with Crippen molar-refractivity contribution in [2.24, 2.45) is 11.8 Å². The number of cyclic esters (lactones) is 1. The highest BCUT2D eigenvalue weighted by atomic mass is 19.4. The van der Waals surface area contributed by atoms with Gasteiger partial charge in [0.15, 0.2) is 5.69 Å². The molecular formula is C36H41F3N4O10. The fraction of sp³-hybridized carbons (Fsp3) is 0.444. The second-order valence-corrected chi connectivity index (χ2v) is 12.7. The molecule has 0 spiro atoms. The number of halogens is 3. The molecule has 1 fully saturated rings. The van der Waals surface area contributed by atoms with E-state index < -0.39 is 66.1 Å². The summed E-state index contributed by atoms with van der Waals surface area (Å²) in [6.07, 6.45) is 1.15. The predicted molar refractivity (Wildman–Crippen MR) is 181 cm³/mol. The molecule has 1 saturated heterocycles. The number of ether oxygens (including phenoxy) is 3. The number of fused-ring (bicyclic) bond motifs is 3. The van der Waals surface area contributed by atoms with Crippen LogP contribution in [0.4, 0.5) is 23.7 Å². The number of rotatable bonds is 5. The third kappa shape index (κ3) is 12.6. The van der Waals surface area contributed by atoms with Crippen LogP contribution >= 0.6 is 0 Å². The van der Waals surface area contributed by atoms with Crippen molar-refractivity contribution >= 4 is 35.3 Å². The first-order valence-electron chi connectivity index (χ1n) is 16.8. The number of allylic oxidation sites excluding steroid dienone is 2. The molecule has 4 rings (SSSR count). The minimum atomic E-state index is -4.87. The summed E-state index contributed by atoms with van der Waals surface area (Å²) >= 11 is 0. The Hall–Kier alpha value is -5.45. The van der Waals surface area contributed by atoms with Gasteiger partial charge in [0.05, 0.1) is 19.1 Å². The Labute approximate surface area is 303 Å². The monoisotopic (exact) mass is 746 g/mol. The number of carbonyl (C=O) groups is 5. The summed E-state index contributed by atoms with van der Waals surface area (Å²) in [5.41, 5.74) is 0.668. The van der Waals surface area contributed by atoms with Gasteiger partial charge in [-0.25, -0.2) is 14.6 Å². The average molecular weight is 747 g/mol. The second-order valence-electron chi connectivity index (χ2n) is 12.7. The molecular weight excluding hydrogens is 705 g/mol. The van der Waals surface area contributed by atoms with Crippen molar-refractivity contribution in [3.05, 3.63) is 78.1 Å². The summed E-state index contributed by atoms with van der Waals surface area (Å²) in [4.78, 5) is 70.3. The number of aliphatic hydroxyl groups is 1. The van der Waals surface area contributed by atoms with E-state index in [0.717, 1.165) is 18.4 Å². The van der Waals surface area contributed by atoms with Gasteiger partial charge in [0.2, 0.25) is 11.8 Å². The normalized spacial score (nSPS) is 23.6. The quantitative estimate of drug-likeness (QED) is 0.362. The molecule has 3 amide bonds. The van der Waals surface area contributed by atoms with Gasteiger partial charge < -0.3 is 34.0 Å². The molecule has 0 unspecified atom stereocenters. The lowest BCUT2D eigenvalue weighted by molar-refractivity contribution is -0.274. The van der Waals surface area contributed by atoms with Crippen LogP contribution in [0.5, 0.6) is 5.75 Å². The Balaban J connectivity index is 1.50. The Bertz CT molecular complexity index is 1720. The molecule has 0 radical (unpaired) electrons. The molecule has 3 heterocycles. The second kappa shape index (κ2) is 18.3. The molecule has 3 N–H and O–H groups in total. The van der Waals surface area contributed by atoms with Crippen LogP contribution in [0.2, 0.25) is 0 Å². The van der Waals surface area contributed by atoms with Crippen LogP contribution in [0, 0.1) is 11.8 Å². The maximum absolute atomic E-state index is 13.7. The number of benzene rings is 1. The zero-order chi connectivity index (χ0) is 38.7. The fourth-order valence-electron chi connectivity index (χ4n) is 5.75. The number of Topliss-reactive ketones (excluding diaryl/α,β-unsaturated/α-hetero) is 1. The molecule has 17 heteroatoms. The zero-order valence-corrected chi connectivity index (χ0v) is 29.3. The number of anilines is 1. The van der Waals surface area contributed by atoms with E-state index in [1.807, 2.05) is 0 Å². The van der Waals surface area contributed by atoms with Gasteiger partial charge >= 0.3 is 18.4 Å². The zero-order valence-electron chi connectivity index (χ0n) is 29.3. The number of hydrogen-bond acceptors (Lipinski definition) is 11. The van der Waals surface area contributed by atoms with E-state index in [4.69, 9.17) is 13.9 Å². The lowest BCUT2D eigenvalue weighted by Crippen LogP contribution is -2.44. The number of amides is 3. The van der Waals surface area contributed by atoms with E-state index in [0.29, 0.717) is 12.0 Å². The van der Waals surface area contributed by atoms with Crippen molar-refractivity contribution in [2.45, 2.75) is 71.1 Å². The van der Waals surface area contributed by atoms with Crippen molar-refractivity contribution in [1.29, 1.82) is 0 Å². The summed E-state index contributed by atoms with van der Waals surface area (Å²) in [6.45, 7) is 5.15. The van der Waals surface area contributed by atoms with Gasteiger partial charge in [-0.1, -0.05) is 43.7 Å². The summed E-state index contributed by atoms with van der Waals surface area (Å²) < 4.78 is 57.9. The molecule has 14 nitrogen and oxygen atoms in total. The van der Waals surface area contributed by atoms with Crippen molar-refractivity contribution < 1.29 is 60.9 Å². The maximum Gasteiger partial charge on any atom is 0.573 e. The number of alkyl halides is 3. The first-order valence-corrected chi connectivity index (χ1v) is 16.8. The number of nitrogens with one attached hydrogen (secondary N) is 2. The minimum Gasteiger partial charge on any atom is -0.460 e. The number of carbonyl (C=O) groups excluding carboxylic acids is 5. The first kappa shape index (κ1) is 40.3. The number of hydrogen-bond donors (Lipinski definition) is 3. The lowest BCUT2D eigenvalue weighted by atomic mass is 9.93. The van der Waals surface area contributed by atoms with E-state index in [2.05, 4.69) is 20.4 Å².